The van der Waals surface area contributed by atoms with E-state index in [-0.39, 0.29) is 11.8 Å². The summed E-state index contributed by atoms with van der Waals surface area (Å²) in [6, 6.07) is 16.9. The molecule has 0 heterocycles. The summed E-state index contributed by atoms with van der Waals surface area (Å²) in [5.74, 6) is -0.0785. The molecule has 0 aromatic heterocycles. The highest BCUT2D eigenvalue weighted by molar-refractivity contribution is 6.31. The van der Waals surface area contributed by atoms with Crippen LogP contribution in [-0.4, -0.2) is 18.9 Å². The van der Waals surface area contributed by atoms with Crippen LogP contribution in [0.15, 0.2) is 54.6 Å². The van der Waals surface area contributed by atoms with Crippen molar-refractivity contribution in [2.24, 2.45) is 0 Å². The van der Waals surface area contributed by atoms with Crippen LogP contribution in [0.25, 0.3) is 0 Å². The molecular formula is C19H21ClN2O2. The third-order valence-corrected chi connectivity index (χ3v) is 4.11. The number of hydrogen-bond acceptors (Lipinski definition) is 2. The number of amides is 2. The number of carbonyl (C=O) groups excluding carboxylic acids is 2. The van der Waals surface area contributed by atoms with E-state index >= 15 is 0 Å². The van der Waals surface area contributed by atoms with Gasteiger partial charge in [0.1, 0.15) is 0 Å². The molecule has 2 aromatic carbocycles. The summed E-state index contributed by atoms with van der Waals surface area (Å²) < 4.78 is 0. The second-order valence-electron chi connectivity index (χ2n) is 5.51. The van der Waals surface area contributed by atoms with Gasteiger partial charge in [-0.1, -0.05) is 48.0 Å². The van der Waals surface area contributed by atoms with E-state index in [1.165, 1.54) is 0 Å². The van der Waals surface area contributed by atoms with E-state index in [0.717, 1.165) is 11.3 Å². The maximum Gasteiger partial charge on any atom is 0.226 e. The molecule has 0 saturated heterocycles. The molecule has 2 aromatic rings. The molecule has 0 bridgehead atoms. The van der Waals surface area contributed by atoms with Crippen molar-refractivity contribution in [1.82, 2.24) is 5.32 Å². The highest BCUT2D eigenvalue weighted by Crippen LogP contribution is 2.15. The van der Waals surface area contributed by atoms with Crippen LogP contribution in [0.5, 0.6) is 0 Å². The second kappa shape index (κ2) is 9.08. The number of hydrogen-bond donors (Lipinski definition) is 1. The van der Waals surface area contributed by atoms with E-state index in [4.69, 9.17) is 11.6 Å². The molecular weight excluding hydrogens is 324 g/mol. The Kier molecular flexibility index (Phi) is 6.82. The number of anilines is 1. The van der Waals surface area contributed by atoms with E-state index in [1.54, 1.807) is 18.0 Å². The number of rotatable bonds is 7. The van der Waals surface area contributed by atoms with Gasteiger partial charge in [-0.05, 0) is 30.2 Å². The van der Waals surface area contributed by atoms with Crippen LogP contribution in [0.1, 0.15) is 24.8 Å². The molecule has 0 spiro atoms. The fraction of sp³-hybridized carbons (Fsp3) is 0.263. The molecule has 0 aliphatic heterocycles. The van der Waals surface area contributed by atoms with Gasteiger partial charge in [0.05, 0.1) is 0 Å². The summed E-state index contributed by atoms with van der Waals surface area (Å²) >= 11 is 6.05. The third-order valence-electron chi connectivity index (χ3n) is 3.75. The van der Waals surface area contributed by atoms with Gasteiger partial charge in [0.2, 0.25) is 11.8 Å². The number of benzene rings is 2. The number of nitrogens with zero attached hydrogens (tertiary/aromatic N) is 1. The van der Waals surface area contributed by atoms with Crippen molar-refractivity contribution in [1.29, 1.82) is 0 Å². The summed E-state index contributed by atoms with van der Waals surface area (Å²) in [4.78, 5) is 25.6. The van der Waals surface area contributed by atoms with Crippen LogP contribution in [-0.2, 0) is 16.1 Å². The number of nitrogens with one attached hydrogen (secondary N) is 1. The van der Waals surface area contributed by atoms with Crippen LogP contribution in [0.3, 0.4) is 0 Å². The van der Waals surface area contributed by atoms with Crippen LogP contribution < -0.4 is 10.2 Å². The predicted molar refractivity (Wildman–Crippen MR) is 97.0 cm³/mol. The fourth-order valence-electron chi connectivity index (χ4n) is 2.29. The maximum absolute atomic E-state index is 12.1. The number of para-hydroxylation sites is 1. The summed E-state index contributed by atoms with van der Waals surface area (Å²) in [7, 11) is 1.75. The normalized spacial score (nSPS) is 10.2. The van der Waals surface area contributed by atoms with E-state index < -0.39 is 0 Å². The minimum absolute atomic E-state index is 0.0000961. The molecule has 2 amide bonds. The molecule has 0 aliphatic carbocycles. The topological polar surface area (TPSA) is 49.4 Å². The van der Waals surface area contributed by atoms with E-state index in [0.29, 0.717) is 30.8 Å². The van der Waals surface area contributed by atoms with Gasteiger partial charge in [-0.15, -0.1) is 0 Å². The zero-order valence-corrected chi connectivity index (χ0v) is 14.4. The number of carbonyl (C=O) groups is 2. The lowest BCUT2D eigenvalue weighted by Gasteiger charge is -2.17. The molecule has 126 valence electrons. The Bertz CT molecular complexity index is 689. The minimum Gasteiger partial charge on any atom is -0.352 e. The van der Waals surface area contributed by atoms with E-state index in [9.17, 15) is 9.59 Å². The highest BCUT2D eigenvalue weighted by atomic mass is 35.5. The van der Waals surface area contributed by atoms with Crippen molar-refractivity contribution in [3.05, 3.63) is 65.2 Å². The number of halogens is 1. The molecule has 0 atom stereocenters. The lowest BCUT2D eigenvalue weighted by Crippen LogP contribution is -2.27. The molecule has 4 nitrogen and oxygen atoms in total. The minimum atomic E-state index is -0.0786. The van der Waals surface area contributed by atoms with Gasteiger partial charge < -0.3 is 10.2 Å². The Morgan fingerprint density at radius 2 is 1.67 bits per heavy atom. The molecule has 0 fully saturated rings. The Labute approximate surface area is 147 Å². The smallest absolute Gasteiger partial charge is 0.226 e. The standard InChI is InChI=1S/C19H21ClN2O2/c1-22(16-9-3-2-4-10-16)19(24)13-7-12-18(23)21-14-15-8-5-6-11-17(15)20/h2-6,8-11H,7,12-14H2,1H3,(H,21,23). The average molecular weight is 345 g/mol. The zero-order chi connectivity index (χ0) is 17.4. The van der Waals surface area contributed by atoms with E-state index in [1.807, 2.05) is 48.5 Å². The van der Waals surface area contributed by atoms with Crippen molar-refractivity contribution in [3.63, 3.8) is 0 Å². The average Bonchev–Trinajstić information content (AvgIpc) is 2.61. The van der Waals surface area contributed by atoms with Crippen LogP contribution in [0.4, 0.5) is 5.69 Å². The first-order chi connectivity index (χ1) is 11.6. The van der Waals surface area contributed by atoms with Crippen molar-refractivity contribution >= 4 is 29.1 Å². The largest absolute Gasteiger partial charge is 0.352 e. The SMILES string of the molecule is CN(C(=O)CCCC(=O)NCc1ccccc1Cl)c1ccccc1. The molecule has 0 saturated carbocycles. The molecule has 5 heteroatoms. The Morgan fingerprint density at radius 1 is 1.00 bits per heavy atom. The molecule has 24 heavy (non-hydrogen) atoms. The summed E-state index contributed by atoms with van der Waals surface area (Å²) in [6.07, 6.45) is 1.17. The monoisotopic (exact) mass is 344 g/mol. The molecule has 0 radical (unpaired) electrons. The third kappa shape index (κ3) is 5.39. The van der Waals surface area contributed by atoms with Crippen molar-refractivity contribution in [2.45, 2.75) is 25.8 Å². The lowest BCUT2D eigenvalue weighted by molar-refractivity contribution is -0.121. The quantitative estimate of drug-likeness (QED) is 0.830. The van der Waals surface area contributed by atoms with Gasteiger partial charge >= 0.3 is 0 Å². The molecule has 0 unspecified atom stereocenters. The zero-order valence-electron chi connectivity index (χ0n) is 13.7. The van der Waals surface area contributed by atoms with Crippen molar-refractivity contribution < 1.29 is 9.59 Å². The Morgan fingerprint density at radius 3 is 2.38 bits per heavy atom. The van der Waals surface area contributed by atoms with Gasteiger partial charge in [-0.3, -0.25) is 9.59 Å². The fourth-order valence-corrected chi connectivity index (χ4v) is 2.49. The van der Waals surface area contributed by atoms with Gasteiger partial charge in [0, 0.05) is 37.1 Å². The van der Waals surface area contributed by atoms with Crippen LogP contribution >= 0.6 is 11.6 Å². The van der Waals surface area contributed by atoms with Crippen LogP contribution in [0, 0.1) is 0 Å². The van der Waals surface area contributed by atoms with Crippen molar-refractivity contribution in [3.8, 4) is 0 Å². The highest BCUT2D eigenvalue weighted by Gasteiger charge is 2.11. The maximum atomic E-state index is 12.1. The molecule has 1 N–H and O–H groups in total. The van der Waals surface area contributed by atoms with Gasteiger partial charge in [-0.25, -0.2) is 0 Å². The first-order valence-corrected chi connectivity index (χ1v) is 8.27. The first-order valence-electron chi connectivity index (χ1n) is 7.89. The summed E-state index contributed by atoms with van der Waals surface area (Å²) in [5, 5.41) is 3.46. The Hall–Kier alpha value is -2.33. The molecule has 0 aliphatic rings. The second-order valence-corrected chi connectivity index (χ2v) is 5.92. The summed E-state index contributed by atoms with van der Waals surface area (Å²) in [5.41, 5.74) is 1.73. The van der Waals surface area contributed by atoms with Gasteiger partial charge in [-0.2, -0.15) is 0 Å². The predicted octanol–water partition coefficient (Wildman–Crippen LogP) is 3.79. The van der Waals surface area contributed by atoms with Gasteiger partial charge in [0.25, 0.3) is 0 Å². The Balaban J connectivity index is 1.71. The lowest BCUT2D eigenvalue weighted by atomic mass is 10.2. The van der Waals surface area contributed by atoms with Crippen molar-refractivity contribution in [2.75, 3.05) is 11.9 Å². The van der Waals surface area contributed by atoms with E-state index in [2.05, 4.69) is 5.32 Å². The van der Waals surface area contributed by atoms with Crippen LogP contribution in [0.2, 0.25) is 5.02 Å². The first kappa shape index (κ1) is 18.0. The summed E-state index contributed by atoms with van der Waals surface area (Å²) in [6.45, 7) is 0.399. The van der Waals surface area contributed by atoms with Gasteiger partial charge in [0.15, 0.2) is 0 Å². The molecule has 2 rings (SSSR count).